The number of hydrogen-bond donors (Lipinski definition) is 2. The number of carbonyl (C=O) groups is 2. The third-order valence-electron chi connectivity index (χ3n) is 3.13. The van der Waals surface area contributed by atoms with Crippen molar-refractivity contribution >= 4 is 17.7 Å². The monoisotopic (exact) mass is 284 g/mol. The second-order valence-corrected chi connectivity index (χ2v) is 4.89. The van der Waals surface area contributed by atoms with Crippen LogP contribution in [0.1, 0.15) is 27.0 Å². The van der Waals surface area contributed by atoms with Crippen molar-refractivity contribution in [2.24, 2.45) is 0 Å². The number of pyridine rings is 1. The summed E-state index contributed by atoms with van der Waals surface area (Å²) in [5, 5.41) is 11.5. The number of aryl methyl sites for hydroxylation is 2. The lowest BCUT2D eigenvalue weighted by molar-refractivity contribution is -0.115. The molecule has 2 aromatic rings. The van der Waals surface area contributed by atoms with Crippen LogP contribution in [0, 0.1) is 13.8 Å². The van der Waals surface area contributed by atoms with E-state index in [1.54, 1.807) is 0 Å². The maximum Gasteiger partial charge on any atom is 0.335 e. The van der Waals surface area contributed by atoms with Crippen molar-refractivity contribution in [2.75, 3.05) is 5.32 Å². The van der Waals surface area contributed by atoms with E-state index in [2.05, 4.69) is 10.3 Å². The third-order valence-corrected chi connectivity index (χ3v) is 3.13. The summed E-state index contributed by atoms with van der Waals surface area (Å²) in [7, 11) is 0. The number of carboxylic acids is 1. The highest BCUT2D eigenvalue weighted by Gasteiger charge is 2.09. The summed E-state index contributed by atoms with van der Waals surface area (Å²) in [5.41, 5.74) is 3.17. The van der Waals surface area contributed by atoms with Gasteiger partial charge in [0, 0.05) is 6.20 Å². The minimum atomic E-state index is -1.05. The van der Waals surface area contributed by atoms with Gasteiger partial charge in [-0.25, -0.2) is 9.78 Å². The molecule has 0 fully saturated rings. The number of anilines is 1. The van der Waals surface area contributed by atoms with Crippen molar-refractivity contribution in [1.82, 2.24) is 4.98 Å². The van der Waals surface area contributed by atoms with Crippen LogP contribution in [-0.2, 0) is 11.2 Å². The maximum absolute atomic E-state index is 12.0. The summed E-state index contributed by atoms with van der Waals surface area (Å²) >= 11 is 0. The van der Waals surface area contributed by atoms with Crippen LogP contribution in [-0.4, -0.2) is 22.0 Å². The van der Waals surface area contributed by atoms with Gasteiger partial charge in [-0.2, -0.15) is 0 Å². The van der Waals surface area contributed by atoms with E-state index in [4.69, 9.17) is 5.11 Å². The average Bonchev–Trinajstić information content (AvgIpc) is 2.43. The zero-order valence-electron chi connectivity index (χ0n) is 11.9. The van der Waals surface area contributed by atoms with Gasteiger partial charge in [-0.05, 0) is 37.1 Å². The van der Waals surface area contributed by atoms with Crippen molar-refractivity contribution in [3.63, 3.8) is 0 Å². The molecule has 5 nitrogen and oxygen atoms in total. The normalized spacial score (nSPS) is 10.2. The molecule has 0 atom stereocenters. The van der Waals surface area contributed by atoms with Crippen molar-refractivity contribution in [1.29, 1.82) is 0 Å². The maximum atomic E-state index is 12.0. The number of hydrogen-bond acceptors (Lipinski definition) is 3. The van der Waals surface area contributed by atoms with Gasteiger partial charge in [0.25, 0.3) is 0 Å². The predicted octanol–water partition coefficient (Wildman–Crippen LogP) is 2.58. The second kappa shape index (κ2) is 6.17. The smallest absolute Gasteiger partial charge is 0.335 e. The topological polar surface area (TPSA) is 79.3 Å². The van der Waals surface area contributed by atoms with Gasteiger partial charge in [0.2, 0.25) is 5.91 Å². The van der Waals surface area contributed by atoms with Gasteiger partial charge in [0.05, 0.1) is 12.0 Å². The van der Waals surface area contributed by atoms with Gasteiger partial charge in [-0.1, -0.05) is 23.8 Å². The number of nitrogens with one attached hydrogen (secondary N) is 1. The van der Waals surface area contributed by atoms with Crippen molar-refractivity contribution in [3.05, 3.63) is 58.8 Å². The van der Waals surface area contributed by atoms with E-state index < -0.39 is 5.97 Å². The molecule has 0 bridgehead atoms. The largest absolute Gasteiger partial charge is 0.478 e. The second-order valence-electron chi connectivity index (χ2n) is 4.89. The van der Waals surface area contributed by atoms with Crippen molar-refractivity contribution in [2.45, 2.75) is 20.3 Å². The van der Waals surface area contributed by atoms with Crippen LogP contribution in [0.15, 0.2) is 36.5 Å². The first-order valence-corrected chi connectivity index (χ1v) is 6.51. The Morgan fingerprint density at radius 3 is 2.67 bits per heavy atom. The Hall–Kier alpha value is -2.69. The summed E-state index contributed by atoms with van der Waals surface area (Å²) in [6.07, 6.45) is 1.59. The molecule has 108 valence electrons. The molecule has 1 aromatic carbocycles. The first-order chi connectivity index (χ1) is 9.95. The molecule has 2 N–H and O–H groups in total. The molecule has 0 aliphatic rings. The molecule has 21 heavy (non-hydrogen) atoms. The Bertz CT molecular complexity index is 696. The highest BCUT2D eigenvalue weighted by atomic mass is 16.4. The highest BCUT2D eigenvalue weighted by molar-refractivity contribution is 5.93. The summed E-state index contributed by atoms with van der Waals surface area (Å²) in [4.78, 5) is 26.8. The highest BCUT2D eigenvalue weighted by Crippen LogP contribution is 2.13. The van der Waals surface area contributed by atoms with Crippen LogP contribution in [0.3, 0.4) is 0 Å². The summed E-state index contributed by atoms with van der Waals surface area (Å²) in [6, 6.07) is 8.65. The number of carbonyl (C=O) groups excluding carboxylic acids is 1. The van der Waals surface area contributed by atoms with Gasteiger partial charge in [-0.15, -0.1) is 0 Å². The minimum absolute atomic E-state index is 0.0898. The molecule has 1 heterocycles. The van der Waals surface area contributed by atoms with Gasteiger partial charge in [0.15, 0.2) is 0 Å². The lowest BCUT2D eigenvalue weighted by atomic mass is 10.0. The molecular formula is C16H16N2O3. The molecule has 0 aliphatic carbocycles. The number of aromatic carboxylic acids is 1. The summed E-state index contributed by atoms with van der Waals surface area (Å²) < 4.78 is 0. The van der Waals surface area contributed by atoms with E-state index in [1.807, 2.05) is 32.0 Å². The van der Waals surface area contributed by atoms with E-state index in [9.17, 15) is 9.59 Å². The molecular weight excluding hydrogens is 268 g/mol. The number of nitrogens with zero attached hydrogens (tertiary/aromatic N) is 1. The molecule has 0 spiro atoms. The number of benzene rings is 1. The lowest BCUT2D eigenvalue weighted by Gasteiger charge is -2.08. The van der Waals surface area contributed by atoms with Gasteiger partial charge >= 0.3 is 5.97 Å². The fraction of sp³-hybridized carbons (Fsp3) is 0.188. The summed E-state index contributed by atoms with van der Waals surface area (Å²) in [6.45, 7) is 3.92. The van der Waals surface area contributed by atoms with Gasteiger partial charge in [-0.3, -0.25) is 4.79 Å². The molecule has 5 heteroatoms. The van der Waals surface area contributed by atoms with Gasteiger partial charge < -0.3 is 10.4 Å². The number of rotatable bonds is 4. The zero-order valence-corrected chi connectivity index (χ0v) is 11.9. The SMILES string of the molecule is Cc1ccc(C)c(CC(=O)Nc2cc(C(=O)O)ccn2)c1. The number of carboxylic acid groups (broad SMARTS) is 1. The van der Waals surface area contributed by atoms with Crippen LogP contribution in [0.25, 0.3) is 0 Å². The zero-order chi connectivity index (χ0) is 15.4. The van der Waals surface area contributed by atoms with Crippen LogP contribution >= 0.6 is 0 Å². The molecule has 0 saturated heterocycles. The predicted molar refractivity (Wildman–Crippen MR) is 79.4 cm³/mol. The van der Waals surface area contributed by atoms with Gasteiger partial charge in [0.1, 0.15) is 5.82 Å². The molecule has 0 radical (unpaired) electrons. The van der Waals surface area contributed by atoms with Crippen LogP contribution < -0.4 is 5.32 Å². The van der Waals surface area contributed by atoms with E-state index in [0.717, 1.165) is 16.7 Å². The first kappa shape index (κ1) is 14.7. The standard InChI is InChI=1S/C16H16N2O3/c1-10-3-4-11(2)13(7-10)9-15(19)18-14-8-12(16(20)21)5-6-17-14/h3-8H,9H2,1-2H3,(H,20,21)(H,17,18,19). The van der Waals surface area contributed by atoms with Crippen molar-refractivity contribution < 1.29 is 14.7 Å². The fourth-order valence-electron chi connectivity index (χ4n) is 1.98. The summed E-state index contributed by atoms with van der Waals surface area (Å²) in [5.74, 6) is -1.04. The minimum Gasteiger partial charge on any atom is -0.478 e. The number of amides is 1. The quantitative estimate of drug-likeness (QED) is 0.904. The number of aromatic nitrogens is 1. The van der Waals surface area contributed by atoms with E-state index in [0.29, 0.717) is 0 Å². The Morgan fingerprint density at radius 1 is 1.19 bits per heavy atom. The van der Waals surface area contributed by atoms with E-state index >= 15 is 0 Å². The molecule has 0 aliphatic heterocycles. The van der Waals surface area contributed by atoms with Crippen LogP contribution in [0.2, 0.25) is 0 Å². The Morgan fingerprint density at radius 2 is 1.95 bits per heavy atom. The Kier molecular flexibility index (Phi) is 4.33. The molecule has 0 unspecified atom stereocenters. The molecule has 2 rings (SSSR count). The molecule has 1 amide bonds. The average molecular weight is 284 g/mol. The third kappa shape index (κ3) is 3.89. The fourth-order valence-corrected chi connectivity index (χ4v) is 1.98. The van der Waals surface area contributed by atoms with Crippen LogP contribution in [0.4, 0.5) is 5.82 Å². The van der Waals surface area contributed by atoms with Crippen LogP contribution in [0.5, 0.6) is 0 Å². The Labute approximate surface area is 122 Å². The Balaban J connectivity index is 2.10. The molecule has 1 aromatic heterocycles. The molecule has 0 saturated carbocycles. The van der Waals surface area contributed by atoms with E-state index in [1.165, 1.54) is 18.3 Å². The van der Waals surface area contributed by atoms with E-state index in [-0.39, 0.29) is 23.7 Å². The van der Waals surface area contributed by atoms with Crippen molar-refractivity contribution in [3.8, 4) is 0 Å². The first-order valence-electron chi connectivity index (χ1n) is 6.51. The lowest BCUT2D eigenvalue weighted by Crippen LogP contribution is -2.16.